The van der Waals surface area contributed by atoms with Gasteiger partial charge >= 0.3 is 0 Å². The molecule has 2 aliphatic rings. The minimum Gasteiger partial charge on any atom is -0.340 e. The van der Waals surface area contributed by atoms with Gasteiger partial charge in [-0.1, -0.05) is 0 Å². The molecule has 2 saturated heterocycles. The van der Waals surface area contributed by atoms with Crippen molar-refractivity contribution < 1.29 is 13.6 Å². The molecule has 0 aliphatic carbocycles. The van der Waals surface area contributed by atoms with E-state index < -0.39 is 11.6 Å². The van der Waals surface area contributed by atoms with Crippen LogP contribution in [0.2, 0.25) is 0 Å². The molecular weight excluding hydrogens is 336 g/mol. The summed E-state index contributed by atoms with van der Waals surface area (Å²) in [6.45, 7) is 7.92. The summed E-state index contributed by atoms with van der Waals surface area (Å²) in [5.41, 5.74) is 0.640. The van der Waals surface area contributed by atoms with E-state index >= 15 is 0 Å². The Balaban J connectivity index is 1.40. The Morgan fingerprint density at radius 3 is 2.23 bits per heavy atom. The molecule has 0 saturated carbocycles. The monoisotopic (exact) mass is 365 g/mol. The average molecular weight is 365 g/mol. The Bertz CT molecular complexity index is 591. The van der Waals surface area contributed by atoms with E-state index in [1.54, 1.807) is 0 Å². The molecule has 1 amide bonds. The number of rotatable bonds is 6. The second-order valence-corrected chi connectivity index (χ2v) is 7.57. The Labute approximate surface area is 154 Å². The van der Waals surface area contributed by atoms with Gasteiger partial charge in [0.25, 0.3) is 0 Å². The molecule has 1 unspecified atom stereocenters. The molecule has 0 radical (unpaired) electrons. The lowest BCUT2D eigenvalue weighted by Gasteiger charge is -2.35. The second kappa shape index (κ2) is 8.91. The maximum Gasteiger partial charge on any atom is 0.222 e. The molecular formula is C20H29F2N3O. The Morgan fingerprint density at radius 2 is 1.62 bits per heavy atom. The van der Waals surface area contributed by atoms with E-state index in [-0.39, 0.29) is 5.91 Å². The lowest BCUT2D eigenvalue weighted by Crippen LogP contribution is -2.48. The number of piperazine rings is 1. The zero-order valence-electron chi connectivity index (χ0n) is 15.6. The van der Waals surface area contributed by atoms with Crippen LogP contribution in [0.25, 0.3) is 0 Å². The number of benzene rings is 1. The van der Waals surface area contributed by atoms with Crippen molar-refractivity contribution in [3.05, 3.63) is 35.4 Å². The predicted octanol–water partition coefficient (Wildman–Crippen LogP) is 2.87. The van der Waals surface area contributed by atoms with Gasteiger partial charge in [0, 0.05) is 51.3 Å². The molecule has 26 heavy (non-hydrogen) atoms. The van der Waals surface area contributed by atoms with Gasteiger partial charge in [-0.3, -0.25) is 9.69 Å². The lowest BCUT2D eigenvalue weighted by molar-refractivity contribution is -0.133. The van der Waals surface area contributed by atoms with Gasteiger partial charge in [0.15, 0.2) is 0 Å². The second-order valence-electron chi connectivity index (χ2n) is 7.57. The highest BCUT2D eigenvalue weighted by Gasteiger charge is 2.23. The minimum atomic E-state index is -0.541. The lowest BCUT2D eigenvalue weighted by atomic mass is 10.1. The third-order valence-electron chi connectivity index (χ3n) is 5.59. The first kappa shape index (κ1) is 19.2. The molecule has 1 aromatic rings. The van der Waals surface area contributed by atoms with Crippen LogP contribution in [0.3, 0.4) is 0 Å². The first-order chi connectivity index (χ1) is 12.5. The number of hydrogen-bond acceptors (Lipinski definition) is 3. The summed E-state index contributed by atoms with van der Waals surface area (Å²) in [6.07, 6.45) is 4.07. The van der Waals surface area contributed by atoms with E-state index in [0.29, 0.717) is 37.7 Å². The smallest absolute Gasteiger partial charge is 0.222 e. The molecule has 4 nitrogen and oxygen atoms in total. The van der Waals surface area contributed by atoms with Crippen LogP contribution in [-0.4, -0.2) is 65.9 Å². The molecule has 0 N–H and O–H groups in total. The van der Waals surface area contributed by atoms with E-state index in [4.69, 9.17) is 0 Å². The number of likely N-dealkylation sites (tertiary alicyclic amines) is 1. The van der Waals surface area contributed by atoms with Crippen molar-refractivity contribution in [3.63, 3.8) is 0 Å². The summed E-state index contributed by atoms with van der Waals surface area (Å²) in [5, 5.41) is 0. The number of carbonyl (C=O) groups is 1. The van der Waals surface area contributed by atoms with Crippen molar-refractivity contribution in [2.24, 2.45) is 0 Å². The van der Waals surface area contributed by atoms with Crippen molar-refractivity contribution >= 4 is 5.91 Å². The maximum atomic E-state index is 13.3. The summed E-state index contributed by atoms with van der Waals surface area (Å²) in [5.74, 6) is -0.852. The average Bonchev–Trinajstić information content (AvgIpc) is 3.14. The van der Waals surface area contributed by atoms with Gasteiger partial charge in [0.2, 0.25) is 5.91 Å². The molecule has 0 bridgehead atoms. The van der Waals surface area contributed by atoms with Crippen LogP contribution in [0.4, 0.5) is 8.78 Å². The number of hydrogen-bond donors (Lipinski definition) is 0. The van der Waals surface area contributed by atoms with Crippen molar-refractivity contribution in [3.8, 4) is 0 Å². The maximum absolute atomic E-state index is 13.3. The van der Waals surface area contributed by atoms with E-state index in [9.17, 15) is 13.6 Å². The summed E-state index contributed by atoms with van der Waals surface area (Å²) in [6, 6.07) is 4.12. The van der Waals surface area contributed by atoms with E-state index in [1.165, 1.54) is 25.0 Å². The largest absolute Gasteiger partial charge is 0.340 e. The summed E-state index contributed by atoms with van der Waals surface area (Å²) in [7, 11) is 0. The molecule has 6 heteroatoms. The highest BCUT2D eigenvalue weighted by Crippen LogP contribution is 2.17. The van der Waals surface area contributed by atoms with Gasteiger partial charge in [0.05, 0.1) is 0 Å². The molecule has 2 heterocycles. The van der Waals surface area contributed by atoms with Crippen molar-refractivity contribution in [2.45, 2.75) is 45.2 Å². The van der Waals surface area contributed by atoms with Crippen molar-refractivity contribution in [1.29, 1.82) is 0 Å². The third-order valence-corrected chi connectivity index (χ3v) is 5.59. The van der Waals surface area contributed by atoms with E-state index in [1.807, 2.05) is 4.90 Å². The number of carbonyl (C=O) groups excluding carboxylic acids is 1. The fourth-order valence-electron chi connectivity index (χ4n) is 3.97. The Hall–Kier alpha value is -1.53. The first-order valence-corrected chi connectivity index (χ1v) is 9.70. The summed E-state index contributed by atoms with van der Waals surface area (Å²) in [4.78, 5) is 19.0. The van der Waals surface area contributed by atoms with E-state index in [0.717, 1.165) is 38.7 Å². The zero-order valence-corrected chi connectivity index (χ0v) is 15.6. The molecule has 2 fully saturated rings. The number of amides is 1. The molecule has 2 aliphatic heterocycles. The van der Waals surface area contributed by atoms with Gasteiger partial charge in [-0.25, -0.2) is 8.78 Å². The molecule has 0 aromatic heterocycles. The van der Waals surface area contributed by atoms with Crippen LogP contribution in [0.15, 0.2) is 18.2 Å². The third kappa shape index (κ3) is 5.24. The van der Waals surface area contributed by atoms with Gasteiger partial charge < -0.3 is 9.80 Å². The topological polar surface area (TPSA) is 26.8 Å². The first-order valence-electron chi connectivity index (χ1n) is 9.70. The Kier molecular flexibility index (Phi) is 6.59. The normalized spacial score (nSPS) is 20.5. The SMILES string of the molecule is CC(CCC(=O)N1CCN(Cc2cc(F)cc(F)c2)CC1)N1CCCC1. The fourth-order valence-corrected chi connectivity index (χ4v) is 3.97. The van der Waals surface area contributed by atoms with Crippen LogP contribution in [0.5, 0.6) is 0 Å². The highest BCUT2D eigenvalue weighted by atomic mass is 19.1. The molecule has 144 valence electrons. The van der Waals surface area contributed by atoms with Crippen molar-refractivity contribution in [1.82, 2.24) is 14.7 Å². The quantitative estimate of drug-likeness (QED) is 0.776. The standard InChI is InChI=1S/C20H29F2N3O/c1-16(24-6-2-3-7-24)4-5-20(26)25-10-8-23(9-11-25)15-17-12-18(21)14-19(22)13-17/h12-14,16H,2-11,15H2,1H3. The highest BCUT2D eigenvalue weighted by molar-refractivity contribution is 5.76. The van der Waals surface area contributed by atoms with Gasteiger partial charge in [0.1, 0.15) is 11.6 Å². The summed E-state index contributed by atoms with van der Waals surface area (Å²) >= 11 is 0. The fraction of sp³-hybridized carbons (Fsp3) is 0.650. The van der Waals surface area contributed by atoms with Crippen LogP contribution in [0.1, 0.15) is 38.2 Å². The van der Waals surface area contributed by atoms with Crippen LogP contribution >= 0.6 is 0 Å². The van der Waals surface area contributed by atoms with E-state index in [2.05, 4.69) is 16.7 Å². The zero-order chi connectivity index (χ0) is 18.5. The minimum absolute atomic E-state index is 0.229. The number of nitrogens with zero attached hydrogens (tertiary/aromatic N) is 3. The molecule has 1 aromatic carbocycles. The Morgan fingerprint density at radius 1 is 1.00 bits per heavy atom. The van der Waals surface area contributed by atoms with Crippen LogP contribution in [-0.2, 0) is 11.3 Å². The van der Waals surface area contributed by atoms with Gasteiger partial charge in [-0.05, 0) is 57.0 Å². The predicted molar refractivity (Wildman–Crippen MR) is 97.7 cm³/mol. The molecule has 3 rings (SSSR count). The van der Waals surface area contributed by atoms with Crippen LogP contribution < -0.4 is 0 Å². The van der Waals surface area contributed by atoms with Crippen molar-refractivity contribution in [2.75, 3.05) is 39.3 Å². The number of halogens is 2. The molecule has 1 atom stereocenters. The van der Waals surface area contributed by atoms with Crippen LogP contribution in [0, 0.1) is 11.6 Å². The summed E-state index contributed by atoms with van der Waals surface area (Å²) < 4.78 is 26.6. The molecule has 0 spiro atoms. The van der Waals surface area contributed by atoms with Gasteiger partial charge in [-0.2, -0.15) is 0 Å². The van der Waals surface area contributed by atoms with Gasteiger partial charge in [-0.15, -0.1) is 0 Å².